The largest absolute Gasteiger partial charge is 0.495 e. The van der Waals surface area contributed by atoms with Gasteiger partial charge in [0.1, 0.15) is 11.6 Å². The fraction of sp³-hybridized carbons (Fsp3) is 0.200. The number of hydrogen-bond acceptors (Lipinski definition) is 3. The third-order valence-electron chi connectivity index (χ3n) is 2.10. The number of benzene rings is 1. The summed E-state index contributed by atoms with van der Waals surface area (Å²) >= 11 is 1.38. The van der Waals surface area contributed by atoms with Gasteiger partial charge < -0.3 is 9.84 Å². The van der Waals surface area contributed by atoms with Crippen LogP contribution in [0.1, 0.15) is 5.56 Å². The van der Waals surface area contributed by atoms with E-state index in [0.29, 0.717) is 16.7 Å². The van der Waals surface area contributed by atoms with Crippen LogP contribution in [0, 0.1) is 5.82 Å². The van der Waals surface area contributed by atoms with Gasteiger partial charge in [-0.2, -0.15) is 0 Å². The summed E-state index contributed by atoms with van der Waals surface area (Å²) in [6.45, 7) is -0.149. The predicted molar refractivity (Wildman–Crippen MR) is 54.3 cm³/mol. The Hall–Kier alpha value is -1.13. The van der Waals surface area contributed by atoms with Gasteiger partial charge in [0.15, 0.2) is 0 Å². The molecule has 0 bridgehead atoms. The van der Waals surface area contributed by atoms with Crippen molar-refractivity contribution in [2.75, 3.05) is 7.11 Å². The molecule has 2 nitrogen and oxygen atoms in total. The molecule has 0 saturated carbocycles. The Morgan fingerprint density at radius 2 is 2.29 bits per heavy atom. The fourth-order valence-electron chi connectivity index (χ4n) is 1.42. The van der Waals surface area contributed by atoms with E-state index in [9.17, 15) is 4.39 Å². The summed E-state index contributed by atoms with van der Waals surface area (Å²) < 4.78 is 19.3. The van der Waals surface area contributed by atoms with Gasteiger partial charge in [0.25, 0.3) is 0 Å². The molecule has 14 heavy (non-hydrogen) atoms. The number of fused-ring (bicyclic) bond motifs is 1. The highest BCUT2D eigenvalue weighted by Gasteiger charge is 2.12. The molecule has 0 aliphatic rings. The third-order valence-corrected chi connectivity index (χ3v) is 3.14. The average molecular weight is 212 g/mol. The molecule has 74 valence electrons. The summed E-state index contributed by atoms with van der Waals surface area (Å²) in [6, 6.07) is 2.95. The van der Waals surface area contributed by atoms with Crippen molar-refractivity contribution in [3.05, 3.63) is 28.9 Å². The van der Waals surface area contributed by atoms with Gasteiger partial charge in [-0.3, -0.25) is 0 Å². The van der Waals surface area contributed by atoms with Gasteiger partial charge in [-0.05, 0) is 23.1 Å². The van der Waals surface area contributed by atoms with Crippen LogP contribution in [0.25, 0.3) is 10.1 Å². The Morgan fingerprint density at radius 1 is 1.50 bits per heavy atom. The first-order valence-corrected chi connectivity index (χ1v) is 4.99. The second-order valence-corrected chi connectivity index (χ2v) is 3.75. The minimum absolute atomic E-state index is 0.149. The summed E-state index contributed by atoms with van der Waals surface area (Å²) in [5.74, 6) is 0.331. The Balaban J connectivity index is 2.80. The molecular formula is C10H9FO2S. The monoisotopic (exact) mass is 212 g/mol. The van der Waals surface area contributed by atoms with Crippen molar-refractivity contribution in [1.82, 2.24) is 0 Å². The zero-order valence-electron chi connectivity index (χ0n) is 7.58. The van der Waals surface area contributed by atoms with Crippen molar-refractivity contribution in [2.45, 2.75) is 6.61 Å². The normalized spacial score (nSPS) is 10.8. The van der Waals surface area contributed by atoms with Crippen molar-refractivity contribution >= 4 is 21.4 Å². The number of ether oxygens (including phenoxy) is 1. The molecule has 1 N–H and O–H groups in total. The number of aliphatic hydroxyl groups is 1. The molecular weight excluding hydrogens is 203 g/mol. The summed E-state index contributed by atoms with van der Waals surface area (Å²) in [5, 5.41) is 11.2. The van der Waals surface area contributed by atoms with E-state index in [0.717, 1.165) is 4.70 Å². The van der Waals surface area contributed by atoms with Gasteiger partial charge in [-0.25, -0.2) is 4.39 Å². The molecule has 0 amide bonds. The average Bonchev–Trinajstić information content (AvgIpc) is 2.63. The Kier molecular flexibility index (Phi) is 2.39. The maximum absolute atomic E-state index is 13.4. The lowest BCUT2D eigenvalue weighted by atomic mass is 10.1. The molecule has 1 aromatic carbocycles. The van der Waals surface area contributed by atoms with Crippen LogP contribution < -0.4 is 4.74 Å². The molecule has 2 aromatic rings. The molecule has 2 rings (SSSR count). The van der Waals surface area contributed by atoms with Crippen LogP contribution in [0.5, 0.6) is 5.75 Å². The van der Waals surface area contributed by atoms with Crippen molar-refractivity contribution in [3.8, 4) is 5.75 Å². The first-order valence-electron chi connectivity index (χ1n) is 4.11. The molecule has 0 spiro atoms. The maximum atomic E-state index is 13.4. The number of thiophene rings is 1. The van der Waals surface area contributed by atoms with Crippen LogP contribution in [-0.4, -0.2) is 12.2 Å². The van der Waals surface area contributed by atoms with Gasteiger partial charge in [-0.1, -0.05) is 0 Å². The third kappa shape index (κ3) is 1.27. The second-order valence-electron chi connectivity index (χ2n) is 2.87. The van der Waals surface area contributed by atoms with Crippen LogP contribution in [0.15, 0.2) is 17.5 Å². The highest BCUT2D eigenvalue weighted by molar-refractivity contribution is 7.17. The molecule has 0 radical (unpaired) electrons. The van der Waals surface area contributed by atoms with Crippen molar-refractivity contribution in [1.29, 1.82) is 0 Å². The molecule has 4 heteroatoms. The van der Waals surface area contributed by atoms with E-state index in [-0.39, 0.29) is 12.4 Å². The van der Waals surface area contributed by atoms with Crippen molar-refractivity contribution in [2.24, 2.45) is 0 Å². The van der Waals surface area contributed by atoms with Crippen LogP contribution in [0.3, 0.4) is 0 Å². The number of methoxy groups -OCH3 is 1. The van der Waals surface area contributed by atoms with Crippen LogP contribution in [-0.2, 0) is 6.61 Å². The van der Waals surface area contributed by atoms with Crippen molar-refractivity contribution < 1.29 is 14.2 Å². The SMILES string of the molecule is COc1ccc(F)c2c(CO)csc12. The Bertz CT molecular complexity index is 464. The number of halogens is 1. The van der Waals surface area contributed by atoms with Crippen LogP contribution in [0.4, 0.5) is 4.39 Å². The molecule has 0 fully saturated rings. The van der Waals surface area contributed by atoms with Gasteiger partial charge in [0, 0.05) is 5.39 Å². The van der Waals surface area contributed by atoms with Gasteiger partial charge >= 0.3 is 0 Å². The first kappa shape index (κ1) is 9.43. The van der Waals surface area contributed by atoms with E-state index in [1.54, 1.807) is 18.6 Å². The topological polar surface area (TPSA) is 29.5 Å². The lowest BCUT2D eigenvalue weighted by Gasteiger charge is -2.02. The maximum Gasteiger partial charge on any atom is 0.136 e. The van der Waals surface area contributed by atoms with Crippen LogP contribution in [0.2, 0.25) is 0 Å². The molecule has 0 saturated heterocycles. The molecule has 1 aromatic heterocycles. The highest BCUT2D eigenvalue weighted by atomic mass is 32.1. The number of hydrogen-bond donors (Lipinski definition) is 1. The summed E-state index contributed by atoms with van der Waals surface area (Å²) in [4.78, 5) is 0. The molecule has 0 unspecified atom stereocenters. The van der Waals surface area contributed by atoms with E-state index in [4.69, 9.17) is 9.84 Å². The summed E-state index contributed by atoms with van der Waals surface area (Å²) in [6.07, 6.45) is 0. The zero-order chi connectivity index (χ0) is 10.1. The van der Waals surface area contributed by atoms with Gasteiger partial charge in [-0.15, -0.1) is 11.3 Å². The highest BCUT2D eigenvalue weighted by Crippen LogP contribution is 2.35. The minimum atomic E-state index is -0.314. The second kappa shape index (κ2) is 3.55. The predicted octanol–water partition coefficient (Wildman–Crippen LogP) is 2.54. The standard InChI is InChI=1S/C10H9FO2S/c1-13-8-3-2-7(11)9-6(4-12)5-14-10(8)9/h2-3,5,12H,4H2,1H3. The van der Waals surface area contributed by atoms with Gasteiger partial charge in [0.05, 0.1) is 18.4 Å². The van der Waals surface area contributed by atoms with Gasteiger partial charge in [0.2, 0.25) is 0 Å². The van der Waals surface area contributed by atoms with E-state index in [1.165, 1.54) is 17.4 Å². The number of rotatable bonds is 2. The molecule has 0 atom stereocenters. The molecule has 1 heterocycles. The van der Waals surface area contributed by atoms with E-state index >= 15 is 0 Å². The summed E-state index contributed by atoms with van der Waals surface area (Å²) in [7, 11) is 1.55. The van der Waals surface area contributed by atoms with Crippen LogP contribution >= 0.6 is 11.3 Å². The van der Waals surface area contributed by atoms with E-state index in [2.05, 4.69) is 0 Å². The quantitative estimate of drug-likeness (QED) is 0.829. The molecule has 0 aliphatic carbocycles. The molecule has 0 aliphatic heterocycles. The fourth-order valence-corrected chi connectivity index (χ4v) is 2.49. The lowest BCUT2D eigenvalue weighted by Crippen LogP contribution is -1.87. The number of aliphatic hydroxyl groups excluding tert-OH is 1. The Morgan fingerprint density at radius 3 is 2.93 bits per heavy atom. The van der Waals surface area contributed by atoms with E-state index in [1.807, 2.05) is 0 Å². The van der Waals surface area contributed by atoms with E-state index < -0.39 is 0 Å². The van der Waals surface area contributed by atoms with Crippen molar-refractivity contribution in [3.63, 3.8) is 0 Å². The zero-order valence-corrected chi connectivity index (χ0v) is 8.40. The first-order chi connectivity index (χ1) is 6.77. The lowest BCUT2D eigenvalue weighted by molar-refractivity contribution is 0.283. The smallest absolute Gasteiger partial charge is 0.136 e. The minimum Gasteiger partial charge on any atom is -0.495 e. The summed E-state index contributed by atoms with van der Waals surface area (Å²) in [5.41, 5.74) is 0.612. The Labute approximate surface area is 84.6 Å².